The summed E-state index contributed by atoms with van der Waals surface area (Å²) in [5.41, 5.74) is 1.66. The zero-order valence-corrected chi connectivity index (χ0v) is 11.5. The smallest absolute Gasteiger partial charge is 0.241 e. The molecular formula is C14H16N6O. The van der Waals surface area contributed by atoms with E-state index >= 15 is 0 Å². The van der Waals surface area contributed by atoms with Gasteiger partial charge >= 0.3 is 0 Å². The standard InChI is InChI=1S/C14H16N6O/c21-14(16-6-3-8-19-9-7-15-11-19)10-20-13-5-2-1-4-12(13)17-18-20/h1-2,4-5,7,9,11H,3,6,8,10H2,(H,16,21). The topological polar surface area (TPSA) is 77.6 Å². The highest BCUT2D eigenvalue weighted by Gasteiger charge is 2.07. The number of benzene rings is 1. The lowest BCUT2D eigenvalue weighted by atomic mass is 10.3. The van der Waals surface area contributed by atoms with E-state index in [9.17, 15) is 4.79 Å². The lowest BCUT2D eigenvalue weighted by Crippen LogP contribution is -2.29. The second-order valence-corrected chi connectivity index (χ2v) is 4.74. The number of carbonyl (C=O) groups excluding carboxylic acids is 1. The van der Waals surface area contributed by atoms with E-state index < -0.39 is 0 Å². The van der Waals surface area contributed by atoms with Crippen LogP contribution in [0, 0.1) is 0 Å². The quantitative estimate of drug-likeness (QED) is 0.680. The fraction of sp³-hybridized carbons (Fsp3) is 0.286. The molecule has 0 aliphatic carbocycles. The van der Waals surface area contributed by atoms with Crippen molar-refractivity contribution >= 4 is 16.9 Å². The summed E-state index contributed by atoms with van der Waals surface area (Å²) < 4.78 is 3.59. The van der Waals surface area contributed by atoms with E-state index in [2.05, 4.69) is 20.6 Å². The first-order chi connectivity index (χ1) is 10.3. The average molecular weight is 284 g/mol. The number of amides is 1. The van der Waals surface area contributed by atoms with Crippen LogP contribution in [0.4, 0.5) is 0 Å². The van der Waals surface area contributed by atoms with Crippen molar-refractivity contribution in [1.82, 2.24) is 29.9 Å². The van der Waals surface area contributed by atoms with Crippen molar-refractivity contribution in [2.75, 3.05) is 6.54 Å². The van der Waals surface area contributed by atoms with Gasteiger partial charge in [0.1, 0.15) is 12.1 Å². The normalized spacial score (nSPS) is 10.9. The van der Waals surface area contributed by atoms with Gasteiger partial charge in [0.05, 0.1) is 11.8 Å². The molecular weight excluding hydrogens is 268 g/mol. The van der Waals surface area contributed by atoms with Crippen LogP contribution in [0.15, 0.2) is 43.0 Å². The number of nitrogens with one attached hydrogen (secondary N) is 1. The highest BCUT2D eigenvalue weighted by atomic mass is 16.2. The van der Waals surface area contributed by atoms with Crippen LogP contribution in [0.1, 0.15) is 6.42 Å². The van der Waals surface area contributed by atoms with E-state index in [0.717, 1.165) is 24.0 Å². The molecule has 0 atom stereocenters. The highest BCUT2D eigenvalue weighted by Crippen LogP contribution is 2.08. The molecule has 1 aromatic carbocycles. The summed E-state index contributed by atoms with van der Waals surface area (Å²) in [6.45, 7) is 1.65. The zero-order valence-electron chi connectivity index (χ0n) is 11.5. The number of para-hydroxylation sites is 1. The number of nitrogens with zero attached hydrogens (tertiary/aromatic N) is 5. The highest BCUT2D eigenvalue weighted by molar-refractivity contribution is 5.79. The molecule has 21 heavy (non-hydrogen) atoms. The number of aryl methyl sites for hydroxylation is 1. The SMILES string of the molecule is O=C(Cn1nnc2ccccc21)NCCCn1ccnc1. The molecule has 108 valence electrons. The molecule has 0 fully saturated rings. The lowest BCUT2D eigenvalue weighted by molar-refractivity contribution is -0.121. The molecule has 0 radical (unpaired) electrons. The Morgan fingerprint density at radius 1 is 1.29 bits per heavy atom. The fourth-order valence-corrected chi connectivity index (χ4v) is 2.13. The molecule has 0 spiro atoms. The summed E-state index contributed by atoms with van der Waals surface area (Å²) in [5.74, 6) is -0.0590. The summed E-state index contributed by atoms with van der Waals surface area (Å²) in [5, 5.41) is 10.9. The Morgan fingerprint density at radius 3 is 3.05 bits per heavy atom. The molecule has 2 aromatic heterocycles. The molecule has 3 aromatic rings. The molecule has 1 amide bonds. The van der Waals surface area contributed by atoms with Crippen molar-refractivity contribution in [2.24, 2.45) is 0 Å². The van der Waals surface area contributed by atoms with Crippen molar-refractivity contribution in [3.8, 4) is 0 Å². The van der Waals surface area contributed by atoms with Gasteiger partial charge in [-0.3, -0.25) is 4.79 Å². The van der Waals surface area contributed by atoms with Crippen LogP contribution < -0.4 is 5.32 Å². The Balaban J connectivity index is 1.48. The number of imidazole rings is 1. The second-order valence-electron chi connectivity index (χ2n) is 4.74. The summed E-state index contributed by atoms with van der Waals surface area (Å²) >= 11 is 0. The van der Waals surface area contributed by atoms with Gasteiger partial charge in [0, 0.05) is 25.5 Å². The van der Waals surface area contributed by atoms with Crippen LogP contribution in [0.5, 0.6) is 0 Å². The Kier molecular flexibility index (Phi) is 3.90. The number of aromatic nitrogens is 5. The Bertz CT molecular complexity index is 718. The first kappa shape index (κ1) is 13.3. The number of carbonyl (C=O) groups is 1. The summed E-state index contributed by atoms with van der Waals surface area (Å²) in [6.07, 6.45) is 6.28. The third-order valence-corrected chi connectivity index (χ3v) is 3.19. The summed E-state index contributed by atoms with van der Waals surface area (Å²) in [7, 11) is 0. The van der Waals surface area contributed by atoms with Gasteiger partial charge in [-0.05, 0) is 18.6 Å². The van der Waals surface area contributed by atoms with Gasteiger partial charge < -0.3 is 9.88 Å². The van der Waals surface area contributed by atoms with Crippen molar-refractivity contribution in [1.29, 1.82) is 0 Å². The van der Waals surface area contributed by atoms with E-state index in [1.807, 2.05) is 35.0 Å². The fourth-order valence-electron chi connectivity index (χ4n) is 2.13. The number of hydrogen-bond acceptors (Lipinski definition) is 4. The number of rotatable bonds is 6. The molecule has 0 aliphatic heterocycles. The first-order valence-corrected chi connectivity index (χ1v) is 6.83. The van der Waals surface area contributed by atoms with E-state index in [1.54, 1.807) is 17.2 Å². The molecule has 7 heteroatoms. The van der Waals surface area contributed by atoms with Crippen molar-refractivity contribution < 1.29 is 4.79 Å². The zero-order chi connectivity index (χ0) is 14.5. The predicted molar refractivity (Wildman–Crippen MR) is 77.4 cm³/mol. The number of fused-ring (bicyclic) bond motifs is 1. The van der Waals surface area contributed by atoms with E-state index in [0.29, 0.717) is 6.54 Å². The van der Waals surface area contributed by atoms with E-state index in [-0.39, 0.29) is 12.5 Å². The van der Waals surface area contributed by atoms with Crippen LogP contribution in [0.2, 0.25) is 0 Å². The van der Waals surface area contributed by atoms with Crippen LogP contribution in [0.25, 0.3) is 11.0 Å². The van der Waals surface area contributed by atoms with Gasteiger partial charge in [0.2, 0.25) is 5.91 Å². The Morgan fingerprint density at radius 2 is 2.19 bits per heavy atom. The first-order valence-electron chi connectivity index (χ1n) is 6.83. The van der Waals surface area contributed by atoms with Crippen molar-refractivity contribution in [3.05, 3.63) is 43.0 Å². The molecule has 0 saturated carbocycles. The minimum absolute atomic E-state index is 0.0590. The summed E-state index contributed by atoms with van der Waals surface area (Å²) in [4.78, 5) is 15.9. The van der Waals surface area contributed by atoms with Gasteiger partial charge in [0.15, 0.2) is 0 Å². The number of hydrogen-bond donors (Lipinski definition) is 1. The third kappa shape index (κ3) is 3.25. The van der Waals surface area contributed by atoms with Crippen LogP contribution in [-0.2, 0) is 17.9 Å². The maximum atomic E-state index is 11.9. The van der Waals surface area contributed by atoms with Crippen LogP contribution in [-0.4, -0.2) is 37.0 Å². The lowest BCUT2D eigenvalue weighted by Gasteiger charge is -2.06. The molecule has 0 saturated heterocycles. The van der Waals surface area contributed by atoms with Gasteiger partial charge in [-0.1, -0.05) is 17.3 Å². The maximum Gasteiger partial charge on any atom is 0.241 e. The van der Waals surface area contributed by atoms with Crippen molar-refractivity contribution in [3.63, 3.8) is 0 Å². The molecule has 7 nitrogen and oxygen atoms in total. The van der Waals surface area contributed by atoms with Gasteiger partial charge in [-0.15, -0.1) is 5.10 Å². The van der Waals surface area contributed by atoms with Crippen LogP contribution in [0.3, 0.4) is 0 Å². The van der Waals surface area contributed by atoms with E-state index in [4.69, 9.17) is 0 Å². The molecule has 0 bridgehead atoms. The summed E-state index contributed by atoms with van der Waals surface area (Å²) in [6, 6.07) is 7.59. The minimum atomic E-state index is -0.0590. The van der Waals surface area contributed by atoms with E-state index in [1.165, 1.54) is 0 Å². The third-order valence-electron chi connectivity index (χ3n) is 3.19. The molecule has 0 unspecified atom stereocenters. The second kappa shape index (κ2) is 6.17. The Hall–Kier alpha value is -2.70. The molecule has 0 aliphatic rings. The predicted octanol–water partition coefficient (Wildman–Crippen LogP) is 0.834. The minimum Gasteiger partial charge on any atom is -0.354 e. The largest absolute Gasteiger partial charge is 0.354 e. The average Bonchev–Trinajstić information content (AvgIpc) is 3.14. The van der Waals surface area contributed by atoms with Crippen LogP contribution >= 0.6 is 0 Å². The molecule has 1 N–H and O–H groups in total. The maximum absolute atomic E-state index is 11.9. The monoisotopic (exact) mass is 284 g/mol. The van der Waals surface area contributed by atoms with Gasteiger partial charge in [0.25, 0.3) is 0 Å². The van der Waals surface area contributed by atoms with Crippen molar-refractivity contribution in [2.45, 2.75) is 19.5 Å². The van der Waals surface area contributed by atoms with Gasteiger partial charge in [-0.2, -0.15) is 0 Å². The molecule has 3 rings (SSSR count). The van der Waals surface area contributed by atoms with Gasteiger partial charge in [-0.25, -0.2) is 9.67 Å². The molecule has 2 heterocycles. The Labute approximate surface area is 121 Å².